The summed E-state index contributed by atoms with van der Waals surface area (Å²) in [6.07, 6.45) is 2.52. The molecule has 2 aliphatic heterocycles. The van der Waals surface area contributed by atoms with Crippen molar-refractivity contribution in [1.82, 2.24) is 20.3 Å². The molecule has 0 aliphatic carbocycles. The zero-order valence-electron chi connectivity index (χ0n) is 13.8. The Hall–Kier alpha value is -2.23. The molecule has 0 unspecified atom stereocenters. The van der Waals surface area contributed by atoms with Crippen LogP contribution in [-0.2, 0) is 11.2 Å². The van der Waals surface area contributed by atoms with Crippen LogP contribution < -0.4 is 31.4 Å². The van der Waals surface area contributed by atoms with Crippen molar-refractivity contribution in [2.24, 2.45) is 0 Å². The zero-order chi connectivity index (χ0) is 17.6. The number of halogens is 2. The van der Waals surface area contributed by atoms with Crippen LogP contribution in [0.5, 0.6) is 0 Å². The van der Waals surface area contributed by atoms with E-state index in [9.17, 15) is 9.18 Å². The van der Waals surface area contributed by atoms with E-state index < -0.39 is 21.2 Å². The van der Waals surface area contributed by atoms with E-state index in [0.29, 0.717) is 18.7 Å². The van der Waals surface area contributed by atoms with Gasteiger partial charge in [0.15, 0.2) is 0 Å². The number of fused-ring (bicyclic) bond motifs is 5. The fraction of sp³-hybridized carbons (Fsp3) is 0.235. The number of nitrogens with one attached hydrogen (secondary N) is 1. The Morgan fingerprint density at radius 3 is 3.04 bits per heavy atom. The first kappa shape index (κ1) is 16.2. The number of rotatable bonds is 2. The van der Waals surface area contributed by atoms with Crippen molar-refractivity contribution in [3.63, 3.8) is 0 Å². The summed E-state index contributed by atoms with van der Waals surface area (Å²) in [6.45, 7) is 4.38. The van der Waals surface area contributed by atoms with Crippen molar-refractivity contribution < 1.29 is 30.4 Å². The third-order valence-corrected chi connectivity index (χ3v) is 6.59. The maximum atomic E-state index is 13.9. The van der Waals surface area contributed by atoms with Crippen LogP contribution in [0.2, 0.25) is 0 Å². The fourth-order valence-corrected chi connectivity index (χ4v) is 5.14. The van der Waals surface area contributed by atoms with Crippen molar-refractivity contribution in [2.45, 2.75) is 20.3 Å². The molecular weight excluding hydrogens is 436 g/mol. The Labute approximate surface area is 154 Å². The summed E-state index contributed by atoms with van der Waals surface area (Å²) in [7, 11) is 0. The van der Waals surface area contributed by atoms with E-state index in [1.165, 1.54) is 12.1 Å². The van der Waals surface area contributed by atoms with E-state index in [-0.39, 0.29) is 11.7 Å². The quantitative estimate of drug-likeness (QED) is 0.595. The minimum absolute atomic E-state index is 0.0260. The van der Waals surface area contributed by atoms with E-state index in [4.69, 9.17) is 0 Å². The van der Waals surface area contributed by atoms with E-state index in [2.05, 4.69) is 19.7 Å². The predicted octanol–water partition coefficient (Wildman–Crippen LogP) is -1.00. The molecule has 1 aromatic carbocycles. The van der Waals surface area contributed by atoms with Gasteiger partial charge in [-0.3, -0.25) is 0 Å². The number of allylic oxidation sites excluding steroid dienone is 1. The van der Waals surface area contributed by atoms with Gasteiger partial charge >= 0.3 is 155 Å². The number of carbonyl (C=O) groups is 1. The number of nitrogens with zero attached hydrogens (tertiary/aromatic N) is 4. The summed E-state index contributed by atoms with van der Waals surface area (Å²) in [5.41, 5.74) is 4.02. The number of benzene rings is 1. The summed E-state index contributed by atoms with van der Waals surface area (Å²) < 4.78 is 18.5. The average molecular weight is 452 g/mol. The number of anilines is 1. The summed E-state index contributed by atoms with van der Waals surface area (Å²) in [6, 6.07) is 4.60. The van der Waals surface area contributed by atoms with Crippen molar-refractivity contribution in [2.75, 3.05) is 11.4 Å². The van der Waals surface area contributed by atoms with E-state index in [1.54, 1.807) is 10.7 Å². The van der Waals surface area contributed by atoms with Gasteiger partial charge in [-0.1, -0.05) is 0 Å². The van der Waals surface area contributed by atoms with Crippen LogP contribution in [0.25, 0.3) is 5.69 Å². The van der Waals surface area contributed by atoms with Gasteiger partial charge in [0.25, 0.3) is 0 Å². The molecule has 6 nitrogen and oxygen atoms in total. The van der Waals surface area contributed by atoms with Crippen molar-refractivity contribution in [3.8, 4) is 5.69 Å². The SMILES string of the molecule is CCNC(=O)C1=C2Cc3c(C)nnn3-c3cc(F)ccc3N2C=C[I-]1. The number of hydrogen-bond donors (Lipinski definition) is 1. The summed E-state index contributed by atoms with van der Waals surface area (Å²) >= 11 is -0.523. The molecule has 130 valence electrons. The van der Waals surface area contributed by atoms with Gasteiger partial charge in [0, 0.05) is 0 Å². The Kier molecular flexibility index (Phi) is 4.06. The number of carbonyl (C=O) groups excluding carboxylic acids is 1. The first-order valence-electron chi connectivity index (χ1n) is 7.92. The van der Waals surface area contributed by atoms with E-state index in [0.717, 1.165) is 26.4 Å². The Morgan fingerprint density at radius 1 is 1.40 bits per heavy atom. The molecule has 3 heterocycles. The molecule has 0 saturated heterocycles. The summed E-state index contributed by atoms with van der Waals surface area (Å²) in [5, 5.41) is 11.3. The molecule has 25 heavy (non-hydrogen) atoms. The van der Waals surface area contributed by atoms with Crippen LogP contribution in [-0.4, -0.2) is 27.4 Å². The second-order valence-electron chi connectivity index (χ2n) is 5.72. The summed E-state index contributed by atoms with van der Waals surface area (Å²) in [4.78, 5) is 14.5. The van der Waals surface area contributed by atoms with Gasteiger partial charge in [-0.05, 0) is 0 Å². The third kappa shape index (κ3) is 2.64. The molecule has 0 atom stereocenters. The number of aromatic nitrogens is 3. The van der Waals surface area contributed by atoms with Crippen LogP contribution in [0.4, 0.5) is 10.1 Å². The normalized spacial score (nSPS) is 15.7. The monoisotopic (exact) mass is 452 g/mol. The number of amides is 1. The Balaban J connectivity index is 1.97. The predicted molar refractivity (Wildman–Crippen MR) is 87.1 cm³/mol. The van der Waals surface area contributed by atoms with Crippen molar-refractivity contribution >= 4 is 11.6 Å². The molecule has 1 N–H and O–H groups in total. The first-order valence-corrected chi connectivity index (χ1v) is 10.2. The topological polar surface area (TPSA) is 63.1 Å². The van der Waals surface area contributed by atoms with Crippen molar-refractivity contribution in [3.05, 3.63) is 55.0 Å². The molecule has 2 aliphatic rings. The molecule has 0 fully saturated rings. The number of aryl methyl sites for hydroxylation is 1. The fourth-order valence-electron chi connectivity index (χ4n) is 3.02. The number of likely N-dealkylation sites (N-methyl/N-ethyl adjacent to an activating group) is 1. The van der Waals surface area contributed by atoms with Crippen LogP contribution in [0, 0.1) is 12.7 Å². The standard InChI is InChI=1S/C17H16FIN5O/c1-3-20-17(25)16-15-9-13-10(2)21-22-24(13)14-8-11(18)4-5-12(14)23(15)7-6-19-16/h4-8H,3,9H2,1-2H3,(H,20,25)/q-1. The van der Waals surface area contributed by atoms with Crippen LogP contribution in [0.1, 0.15) is 18.3 Å². The van der Waals surface area contributed by atoms with Crippen molar-refractivity contribution in [1.29, 1.82) is 0 Å². The molecule has 1 amide bonds. The van der Waals surface area contributed by atoms with Crippen LogP contribution in [0.15, 0.2) is 37.8 Å². The molecule has 0 bridgehead atoms. The third-order valence-electron chi connectivity index (χ3n) is 4.18. The van der Waals surface area contributed by atoms with Gasteiger partial charge in [0.05, 0.1) is 0 Å². The summed E-state index contributed by atoms with van der Waals surface area (Å²) in [5.74, 6) is -0.357. The van der Waals surface area contributed by atoms with Crippen LogP contribution in [0.3, 0.4) is 0 Å². The maximum absolute atomic E-state index is 13.9. The van der Waals surface area contributed by atoms with Gasteiger partial charge in [-0.2, -0.15) is 0 Å². The molecule has 1 aromatic heterocycles. The molecule has 0 radical (unpaired) electrons. The Bertz CT molecular complexity index is 933. The minimum atomic E-state index is -0.523. The first-order chi connectivity index (χ1) is 12.1. The molecular formula is C17H16FIN5O-. The molecule has 4 rings (SSSR count). The molecule has 2 aromatic rings. The zero-order valence-corrected chi connectivity index (χ0v) is 15.9. The Morgan fingerprint density at radius 2 is 2.24 bits per heavy atom. The molecule has 0 saturated carbocycles. The van der Waals surface area contributed by atoms with Gasteiger partial charge < -0.3 is 0 Å². The second-order valence-corrected chi connectivity index (χ2v) is 8.14. The van der Waals surface area contributed by atoms with Crippen LogP contribution >= 0.6 is 0 Å². The van der Waals surface area contributed by atoms with Gasteiger partial charge in [0.1, 0.15) is 0 Å². The average Bonchev–Trinajstić information content (AvgIpc) is 2.89. The molecule has 0 spiro atoms. The molecule has 8 heteroatoms. The van der Waals surface area contributed by atoms with E-state index in [1.807, 2.05) is 24.9 Å². The number of hydrogen-bond acceptors (Lipinski definition) is 4. The van der Waals surface area contributed by atoms with Gasteiger partial charge in [-0.15, -0.1) is 0 Å². The second kappa shape index (κ2) is 6.25. The van der Waals surface area contributed by atoms with Gasteiger partial charge in [-0.25, -0.2) is 0 Å². The van der Waals surface area contributed by atoms with Gasteiger partial charge in [0.2, 0.25) is 0 Å². The van der Waals surface area contributed by atoms with E-state index >= 15 is 0 Å².